The van der Waals surface area contributed by atoms with Gasteiger partial charge in [0.2, 0.25) is 0 Å². The average molecular weight is 536 g/mol. The van der Waals surface area contributed by atoms with Crippen molar-refractivity contribution < 1.29 is 0 Å². The molecule has 0 saturated carbocycles. The third-order valence-corrected chi connectivity index (χ3v) is 7.86. The van der Waals surface area contributed by atoms with Crippen molar-refractivity contribution in [3.8, 4) is 0 Å². The molecule has 1 heterocycles. The molecule has 204 valence electrons. The van der Waals surface area contributed by atoms with Gasteiger partial charge >= 0.3 is 0 Å². The molecule has 0 unspecified atom stereocenters. The molecular formula is C38H37N3. The highest BCUT2D eigenvalue weighted by Crippen LogP contribution is 2.40. The van der Waals surface area contributed by atoms with E-state index in [1.165, 1.54) is 42.2 Å². The van der Waals surface area contributed by atoms with E-state index >= 15 is 0 Å². The van der Waals surface area contributed by atoms with E-state index in [9.17, 15) is 0 Å². The second-order valence-corrected chi connectivity index (χ2v) is 10.9. The van der Waals surface area contributed by atoms with Crippen LogP contribution in [-0.2, 0) is 12.8 Å². The molecule has 3 heteroatoms. The standard InChI is InChI=1S/C38H37N3/c1-3-5-11-27-17-21-31(22-18-27)40-37-33-15-9-10-16-34(33)38(41-32-23-19-28(20-24-32)12-6-4-2)36(37)35-25-29-13-7-8-14-30(29)26-39-35/h7-10,13-26,40H,3-6,11-12H2,1-2H3. The Labute approximate surface area is 243 Å². The zero-order valence-corrected chi connectivity index (χ0v) is 24.0. The van der Waals surface area contributed by atoms with E-state index in [-0.39, 0.29) is 0 Å². The van der Waals surface area contributed by atoms with Gasteiger partial charge in [0.05, 0.1) is 28.4 Å². The lowest BCUT2D eigenvalue weighted by atomic mass is 10.0. The lowest BCUT2D eigenvalue weighted by molar-refractivity contribution is 0.795. The summed E-state index contributed by atoms with van der Waals surface area (Å²) in [6.45, 7) is 4.47. The number of hydrogen-bond donors (Lipinski definition) is 1. The Morgan fingerprint density at radius 1 is 0.659 bits per heavy atom. The minimum absolute atomic E-state index is 0.917. The summed E-state index contributed by atoms with van der Waals surface area (Å²) in [4.78, 5) is 10.2. The van der Waals surface area contributed by atoms with Crippen molar-refractivity contribution >= 4 is 39.1 Å². The first-order valence-corrected chi connectivity index (χ1v) is 15.0. The Hall–Kier alpha value is -4.50. The van der Waals surface area contributed by atoms with Crippen molar-refractivity contribution in [2.24, 2.45) is 4.99 Å². The SMILES string of the molecule is CCCCc1ccc(N=C2C(c3cc4ccccc4cn3)=C(Nc3ccc(CCCC)cc3)c3ccccc32)cc1. The smallest absolute Gasteiger partial charge is 0.0831 e. The monoisotopic (exact) mass is 535 g/mol. The number of pyridine rings is 1. The van der Waals surface area contributed by atoms with Gasteiger partial charge in [0, 0.05) is 28.4 Å². The first-order chi connectivity index (χ1) is 20.2. The van der Waals surface area contributed by atoms with Crippen LogP contribution in [-0.4, -0.2) is 10.7 Å². The van der Waals surface area contributed by atoms with Crippen LogP contribution in [0.5, 0.6) is 0 Å². The third kappa shape index (κ3) is 5.85. The van der Waals surface area contributed by atoms with Crippen LogP contribution >= 0.6 is 0 Å². The minimum atomic E-state index is 0.917. The quantitative estimate of drug-likeness (QED) is 0.193. The number of unbranched alkanes of at least 4 members (excludes halogenated alkanes) is 2. The molecule has 0 bridgehead atoms. The average Bonchev–Trinajstić information content (AvgIpc) is 3.32. The van der Waals surface area contributed by atoms with Crippen LogP contribution < -0.4 is 5.32 Å². The molecule has 6 rings (SSSR count). The van der Waals surface area contributed by atoms with E-state index in [0.717, 1.165) is 63.4 Å². The van der Waals surface area contributed by atoms with E-state index < -0.39 is 0 Å². The topological polar surface area (TPSA) is 37.3 Å². The summed E-state index contributed by atoms with van der Waals surface area (Å²) in [6.07, 6.45) is 9.01. The van der Waals surface area contributed by atoms with Crippen LogP contribution in [0.1, 0.15) is 67.5 Å². The molecule has 1 N–H and O–H groups in total. The number of nitrogens with one attached hydrogen (secondary N) is 1. The van der Waals surface area contributed by atoms with Crippen molar-refractivity contribution in [1.29, 1.82) is 0 Å². The van der Waals surface area contributed by atoms with Crippen LogP contribution in [0.15, 0.2) is 114 Å². The Morgan fingerprint density at radius 3 is 1.95 bits per heavy atom. The van der Waals surface area contributed by atoms with Gasteiger partial charge in [0.25, 0.3) is 0 Å². The molecule has 1 aromatic heterocycles. The number of allylic oxidation sites excluding steroid dienone is 1. The van der Waals surface area contributed by atoms with Gasteiger partial charge < -0.3 is 5.32 Å². The summed E-state index contributed by atoms with van der Waals surface area (Å²) < 4.78 is 0. The van der Waals surface area contributed by atoms with E-state index in [4.69, 9.17) is 9.98 Å². The van der Waals surface area contributed by atoms with Gasteiger partial charge in [-0.15, -0.1) is 0 Å². The lowest BCUT2D eigenvalue weighted by Crippen LogP contribution is -2.04. The molecule has 0 spiro atoms. The molecule has 0 fully saturated rings. The highest BCUT2D eigenvalue weighted by molar-refractivity contribution is 6.43. The first kappa shape index (κ1) is 26.7. The van der Waals surface area contributed by atoms with E-state index in [0.29, 0.717) is 0 Å². The molecule has 3 nitrogen and oxygen atoms in total. The van der Waals surface area contributed by atoms with Gasteiger partial charge in [-0.2, -0.15) is 0 Å². The first-order valence-electron chi connectivity index (χ1n) is 15.0. The fourth-order valence-electron chi connectivity index (χ4n) is 5.54. The van der Waals surface area contributed by atoms with Crippen LogP contribution in [0.25, 0.3) is 22.0 Å². The van der Waals surface area contributed by atoms with Crippen molar-refractivity contribution in [3.05, 3.63) is 137 Å². The molecule has 0 aliphatic heterocycles. The molecular weight excluding hydrogens is 498 g/mol. The zero-order chi connectivity index (χ0) is 28.0. The maximum atomic E-state index is 5.28. The summed E-state index contributed by atoms with van der Waals surface area (Å²) in [7, 11) is 0. The summed E-state index contributed by atoms with van der Waals surface area (Å²) in [5.41, 5.74) is 11.0. The van der Waals surface area contributed by atoms with Crippen LogP contribution in [0.2, 0.25) is 0 Å². The van der Waals surface area contributed by atoms with Gasteiger partial charge in [-0.3, -0.25) is 4.98 Å². The van der Waals surface area contributed by atoms with Crippen LogP contribution in [0, 0.1) is 0 Å². The Kier molecular flexibility index (Phi) is 8.04. The number of aryl methyl sites for hydroxylation is 2. The van der Waals surface area contributed by atoms with Crippen LogP contribution in [0.4, 0.5) is 11.4 Å². The van der Waals surface area contributed by atoms with Gasteiger partial charge in [-0.1, -0.05) is 99.5 Å². The number of aliphatic imine (C=N–C) groups is 1. The molecule has 0 radical (unpaired) electrons. The maximum absolute atomic E-state index is 5.28. The fourth-order valence-corrected chi connectivity index (χ4v) is 5.54. The number of aromatic nitrogens is 1. The number of hydrogen-bond acceptors (Lipinski definition) is 3. The molecule has 5 aromatic rings. The molecule has 4 aromatic carbocycles. The highest BCUT2D eigenvalue weighted by Gasteiger charge is 2.30. The van der Waals surface area contributed by atoms with Gasteiger partial charge in [0.15, 0.2) is 0 Å². The largest absolute Gasteiger partial charge is 0.354 e. The normalized spacial score (nSPS) is 13.7. The molecule has 1 aliphatic carbocycles. The summed E-state index contributed by atoms with van der Waals surface area (Å²) in [5.74, 6) is 0. The molecule has 0 amide bonds. The lowest BCUT2D eigenvalue weighted by Gasteiger charge is -2.13. The number of rotatable bonds is 10. The minimum Gasteiger partial charge on any atom is -0.354 e. The number of anilines is 1. The Morgan fingerprint density at radius 2 is 1.27 bits per heavy atom. The number of fused-ring (bicyclic) bond motifs is 2. The second kappa shape index (κ2) is 12.3. The zero-order valence-electron chi connectivity index (χ0n) is 24.0. The molecule has 1 aliphatic rings. The summed E-state index contributed by atoms with van der Waals surface area (Å²) >= 11 is 0. The Balaban J connectivity index is 1.48. The molecule has 0 atom stereocenters. The van der Waals surface area contributed by atoms with Gasteiger partial charge in [-0.05, 0) is 72.5 Å². The predicted octanol–water partition coefficient (Wildman–Crippen LogP) is 10.0. The van der Waals surface area contributed by atoms with Crippen molar-refractivity contribution in [3.63, 3.8) is 0 Å². The highest BCUT2D eigenvalue weighted by atomic mass is 14.9. The molecule has 41 heavy (non-hydrogen) atoms. The summed E-state index contributed by atoms with van der Waals surface area (Å²) in [5, 5.41) is 6.08. The number of nitrogens with zero attached hydrogens (tertiary/aromatic N) is 2. The van der Waals surface area contributed by atoms with Crippen LogP contribution in [0.3, 0.4) is 0 Å². The van der Waals surface area contributed by atoms with Gasteiger partial charge in [-0.25, -0.2) is 4.99 Å². The van der Waals surface area contributed by atoms with E-state index in [1.807, 2.05) is 6.20 Å². The fraction of sp³-hybridized carbons (Fsp3) is 0.211. The third-order valence-electron chi connectivity index (χ3n) is 7.86. The van der Waals surface area contributed by atoms with Crippen molar-refractivity contribution in [2.45, 2.75) is 52.4 Å². The van der Waals surface area contributed by atoms with E-state index in [2.05, 4.69) is 122 Å². The predicted molar refractivity (Wildman–Crippen MR) is 175 cm³/mol. The maximum Gasteiger partial charge on any atom is 0.0831 e. The van der Waals surface area contributed by atoms with Crippen molar-refractivity contribution in [2.75, 3.05) is 5.32 Å². The molecule has 0 saturated heterocycles. The van der Waals surface area contributed by atoms with E-state index in [1.54, 1.807) is 0 Å². The second-order valence-electron chi connectivity index (χ2n) is 10.9. The Bertz CT molecular complexity index is 1710. The van der Waals surface area contributed by atoms with Crippen molar-refractivity contribution in [1.82, 2.24) is 4.98 Å². The number of benzene rings is 4. The summed E-state index contributed by atoms with van der Waals surface area (Å²) in [6, 6.07) is 36.7. The van der Waals surface area contributed by atoms with Gasteiger partial charge in [0.1, 0.15) is 0 Å².